The van der Waals surface area contributed by atoms with E-state index < -0.39 is 0 Å². The van der Waals surface area contributed by atoms with Gasteiger partial charge in [-0.2, -0.15) is 5.10 Å². The fourth-order valence-corrected chi connectivity index (χ4v) is 2.93. The van der Waals surface area contributed by atoms with E-state index >= 15 is 0 Å². The van der Waals surface area contributed by atoms with E-state index in [4.69, 9.17) is 0 Å². The van der Waals surface area contributed by atoms with E-state index in [0.29, 0.717) is 17.7 Å². The maximum Gasteiger partial charge on any atom is 0.255 e. The summed E-state index contributed by atoms with van der Waals surface area (Å²) in [5.74, 6) is -0.147. The molecule has 1 aliphatic heterocycles. The average molecular weight is 320 g/mol. The predicted molar refractivity (Wildman–Crippen MR) is 92.1 cm³/mol. The van der Waals surface area contributed by atoms with Gasteiger partial charge in [0.05, 0.1) is 11.7 Å². The number of amides is 2. The van der Waals surface area contributed by atoms with E-state index in [2.05, 4.69) is 20.8 Å². The molecule has 1 aromatic heterocycles. The summed E-state index contributed by atoms with van der Waals surface area (Å²) in [6.45, 7) is 0. The van der Waals surface area contributed by atoms with Crippen molar-refractivity contribution in [2.24, 2.45) is 0 Å². The molecule has 0 fully saturated rings. The normalized spacial score (nSPS) is 13.9. The number of nitrogens with one attached hydrogen (secondary N) is 3. The van der Waals surface area contributed by atoms with Crippen LogP contribution >= 0.6 is 0 Å². The van der Waals surface area contributed by atoms with E-state index in [9.17, 15) is 9.59 Å². The molecule has 0 aliphatic carbocycles. The highest BCUT2D eigenvalue weighted by molar-refractivity contribution is 6.05. The van der Waals surface area contributed by atoms with Gasteiger partial charge in [-0.25, -0.2) is 0 Å². The summed E-state index contributed by atoms with van der Waals surface area (Å²) in [7, 11) is 0. The molecule has 0 atom stereocenters. The highest BCUT2D eigenvalue weighted by Gasteiger charge is 2.15. The first-order valence-corrected chi connectivity index (χ1v) is 7.86. The Morgan fingerprint density at radius 1 is 1.12 bits per heavy atom. The van der Waals surface area contributed by atoms with Crippen molar-refractivity contribution >= 4 is 34.1 Å². The monoisotopic (exact) mass is 320 g/mol. The first kappa shape index (κ1) is 14.4. The molecule has 0 saturated carbocycles. The van der Waals surface area contributed by atoms with Crippen LogP contribution in [0.2, 0.25) is 0 Å². The topological polar surface area (TPSA) is 86.9 Å². The van der Waals surface area contributed by atoms with E-state index in [1.54, 1.807) is 18.3 Å². The van der Waals surface area contributed by atoms with Crippen LogP contribution in [0.1, 0.15) is 28.8 Å². The number of H-pyrrole nitrogens is 1. The average Bonchev–Trinajstić information content (AvgIpc) is 2.95. The molecule has 0 radical (unpaired) electrons. The van der Waals surface area contributed by atoms with Crippen molar-refractivity contribution in [3.8, 4) is 0 Å². The Morgan fingerprint density at radius 3 is 2.96 bits per heavy atom. The Bertz CT molecular complexity index is 945. The van der Waals surface area contributed by atoms with Gasteiger partial charge in [-0.1, -0.05) is 0 Å². The molecular formula is C18H16N4O2. The van der Waals surface area contributed by atoms with Gasteiger partial charge in [-0.3, -0.25) is 14.7 Å². The van der Waals surface area contributed by atoms with Crippen LogP contribution in [0.5, 0.6) is 0 Å². The number of nitrogens with zero attached hydrogens (tertiary/aromatic N) is 1. The number of rotatable bonds is 2. The summed E-state index contributed by atoms with van der Waals surface area (Å²) in [5, 5.41) is 13.6. The number of hydrogen-bond donors (Lipinski definition) is 3. The number of anilines is 2. The van der Waals surface area contributed by atoms with Gasteiger partial charge in [-0.05, 0) is 54.8 Å². The second-order valence-corrected chi connectivity index (χ2v) is 5.90. The van der Waals surface area contributed by atoms with Gasteiger partial charge in [-0.15, -0.1) is 0 Å². The first-order chi connectivity index (χ1) is 11.7. The van der Waals surface area contributed by atoms with Crippen LogP contribution < -0.4 is 10.6 Å². The summed E-state index contributed by atoms with van der Waals surface area (Å²) in [6.07, 6.45) is 3.83. The first-order valence-electron chi connectivity index (χ1n) is 7.86. The molecular weight excluding hydrogens is 304 g/mol. The summed E-state index contributed by atoms with van der Waals surface area (Å²) in [5.41, 5.74) is 3.96. The second-order valence-electron chi connectivity index (χ2n) is 5.90. The third-order valence-electron chi connectivity index (χ3n) is 4.19. The van der Waals surface area contributed by atoms with Crippen molar-refractivity contribution in [2.45, 2.75) is 19.3 Å². The van der Waals surface area contributed by atoms with Gasteiger partial charge in [0.1, 0.15) is 0 Å². The lowest BCUT2D eigenvalue weighted by Gasteiger charge is -2.10. The van der Waals surface area contributed by atoms with Crippen LogP contribution in [0.15, 0.2) is 42.6 Å². The Morgan fingerprint density at radius 2 is 2.04 bits per heavy atom. The smallest absolute Gasteiger partial charge is 0.255 e. The highest BCUT2D eigenvalue weighted by atomic mass is 16.2. The molecule has 2 aromatic carbocycles. The van der Waals surface area contributed by atoms with Crippen LogP contribution in [-0.4, -0.2) is 22.0 Å². The van der Waals surface area contributed by atoms with Crippen LogP contribution in [0.4, 0.5) is 11.4 Å². The quantitative estimate of drug-likeness (QED) is 0.678. The number of aromatic amines is 1. The SMILES string of the molecule is O=C1CCCc2cc(C(=O)Nc3ccc4cn[nH]c4c3)ccc2N1. The lowest BCUT2D eigenvalue weighted by molar-refractivity contribution is -0.116. The molecule has 6 nitrogen and oxygen atoms in total. The molecule has 120 valence electrons. The van der Waals surface area contributed by atoms with Gasteiger partial charge in [0, 0.05) is 28.7 Å². The van der Waals surface area contributed by atoms with Crippen molar-refractivity contribution in [2.75, 3.05) is 10.6 Å². The van der Waals surface area contributed by atoms with Gasteiger partial charge in [0.2, 0.25) is 5.91 Å². The minimum absolute atomic E-state index is 0.0267. The van der Waals surface area contributed by atoms with Crippen molar-refractivity contribution in [3.63, 3.8) is 0 Å². The molecule has 4 rings (SSSR count). The van der Waals surface area contributed by atoms with Crippen LogP contribution in [0.25, 0.3) is 10.9 Å². The summed E-state index contributed by atoms with van der Waals surface area (Å²) in [6, 6.07) is 11.0. The third kappa shape index (κ3) is 2.74. The Labute approximate surface area is 138 Å². The van der Waals surface area contributed by atoms with E-state index in [0.717, 1.165) is 35.0 Å². The van der Waals surface area contributed by atoms with E-state index in [-0.39, 0.29) is 11.8 Å². The van der Waals surface area contributed by atoms with Gasteiger partial charge in [0.25, 0.3) is 5.91 Å². The number of benzene rings is 2. The number of hydrogen-bond acceptors (Lipinski definition) is 3. The zero-order valence-electron chi connectivity index (χ0n) is 12.9. The lowest BCUT2D eigenvalue weighted by Crippen LogP contribution is -2.13. The zero-order valence-corrected chi connectivity index (χ0v) is 12.9. The summed E-state index contributed by atoms with van der Waals surface area (Å²) in [4.78, 5) is 24.1. The van der Waals surface area contributed by atoms with Crippen LogP contribution in [0, 0.1) is 0 Å². The van der Waals surface area contributed by atoms with E-state index in [1.807, 2.05) is 24.3 Å². The maximum absolute atomic E-state index is 12.5. The molecule has 6 heteroatoms. The minimum atomic E-state index is -0.174. The van der Waals surface area contributed by atoms with Gasteiger partial charge in [0.15, 0.2) is 0 Å². The highest BCUT2D eigenvalue weighted by Crippen LogP contribution is 2.24. The molecule has 0 unspecified atom stereocenters. The molecule has 2 amide bonds. The molecule has 1 aliphatic rings. The molecule has 3 aromatic rings. The molecule has 0 spiro atoms. The zero-order chi connectivity index (χ0) is 16.5. The van der Waals surface area contributed by atoms with Gasteiger partial charge < -0.3 is 10.6 Å². The minimum Gasteiger partial charge on any atom is -0.326 e. The molecule has 2 heterocycles. The molecule has 3 N–H and O–H groups in total. The lowest BCUT2D eigenvalue weighted by atomic mass is 10.0. The predicted octanol–water partition coefficient (Wildman–Crippen LogP) is 3.09. The summed E-state index contributed by atoms with van der Waals surface area (Å²) < 4.78 is 0. The standard InChI is InChI=1S/C18H16N4O2/c23-17-3-1-2-11-8-12(5-7-15(11)21-17)18(24)20-14-6-4-13-10-19-22-16(13)9-14/h4-10H,1-3H2,(H,19,22)(H,20,24)(H,21,23). The van der Waals surface area contributed by atoms with Crippen molar-refractivity contribution in [1.29, 1.82) is 0 Å². The second kappa shape index (κ2) is 5.81. The molecule has 24 heavy (non-hydrogen) atoms. The fraction of sp³-hybridized carbons (Fsp3) is 0.167. The Hall–Kier alpha value is -3.15. The number of aromatic nitrogens is 2. The Balaban J connectivity index is 1.57. The van der Waals surface area contributed by atoms with Crippen molar-refractivity contribution < 1.29 is 9.59 Å². The largest absolute Gasteiger partial charge is 0.326 e. The van der Waals surface area contributed by atoms with E-state index in [1.165, 1.54) is 0 Å². The van der Waals surface area contributed by atoms with Crippen LogP contribution in [0.3, 0.4) is 0 Å². The fourth-order valence-electron chi connectivity index (χ4n) is 2.93. The maximum atomic E-state index is 12.5. The summed E-state index contributed by atoms with van der Waals surface area (Å²) >= 11 is 0. The number of aryl methyl sites for hydroxylation is 1. The number of carbonyl (C=O) groups excluding carboxylic acids is 2. The molecule has 0 bridgehead atoms. The third-order valence-corrected chi connectivity index (χ3v) is 4.19. The molecule has 0 saturated heterocycles. The van der Waals surface area contributed by atoms with Crippen molar-refractivity contribution in [3.05, 3.63) is 53.7 Å². The number of fused-ring (bicyclic) bond motifs is 2. The van der Waals surface area contributed by atoms with Gasteiger partial charge >= 0.3 is 0 Å². The van der Waals surface area contributed by atoms with Crippen molar-refractivity contribution in [1.82, 2.24) is 10.2 Å². The van der Waals surface area contributed by atoms with Crippen LogP contribution in [-0.2, 0) is 11.2 Å². The number of carbonyl (C=O) groups is 2. The Kier molecular flexibility index (Phi) is 3.49.